The van der Waals surface area contributed by atoms with Gasteiger partial charge in [0.2, 0.25) is 0 Å². The Hall–Kier alpha value is -3.18. The molecule has 2 rings (SSSR count). The van der Waals surface area contributed by atoms with Gasteiger partial charge in [-0.3, -0.25) is 9.59 Å². The molecule has 0 aliphatic carbocycles. The van der Waals surface area contributed by atoms with Gasteiger partial charge in [0.15, 0.2) is 6.61 Å². The number of nitriles is 1. The van der Waals surface area contributed by atoms with Gasteiger partial charge >= 0.3 is 11.9 Å². The van der Waals surface area contributed by atoms with Crippen molar-refractivity contribution in [3.63, 3.8) is 0 Å². The van der Waals surface area contributed by atoms with E-state index in [0.717, 1.165) is 16.9 Å². The molecule has 29 heavy (non-hydrogen) atoms. The van der Waals surface area contributed by atoms with Gasteiger partial charge in [-0.1, -0.05) is 19.1 Å². The molecule has 0 aliphatic rings. The van der Waals surface area contributed by atoms with Crippen molar-refractivity contribution >= 4 is 34.2 Å². The van der Waals surface area contributed by atoms with Crippen molar-refractivity contribution in [3.8, 4) is 6.07 Å². The third kappa shape index (κ3) is 6.73. The number of benzene rings is 1. The van der Waals surface area contributed by atoms with E-state index in [2.05, 4.69) is 5.32 Å². The van der Waals surface area contributed by atoms with Crippen LogP contribution in [0.2, 0.25) is 0 Å². The monoisotopic (exact) mass is 414 g/mol. The van der Waals surface area contributed by atoms with Gasteiger partial charge in [0.05, 0.1) is 23.8 Å². The average molecular weight is 414 g/mol. The van der Waals surface area contributed by atoms with Crippen LogP contribution in [0.25, 0.3) is 0 Å². The summed E-state index contributed by atoms with van der Waals surface area (Å²) < 4.78 is 10.0. The fourth-order valence-corrected chi connectivity index (χ4v) is 3.44. The first kappa shape index (κ1) is 22.1. The first-order valence-corrected chi connectivity index (χ1v) is 10.0. The lowest BCUT2D eigenvalue weighted by Crippen LogP contribution is -2.21. The molecule has 0 spiro atoms. The normalized spacial score (nSPS) is 10.1. The summed E-state index contributed by atoms with van der Waals surface area (Å²) in [6.45, 7) is 3.46. The van der Waals surface area contributed by atoms with Gasteiger partial charge in [-0.05, 0) is 43.5 Å². The lowest BCUT2D eigenvalue weighted by atomic mass is 10.1. The van der Waals surface area contributed by atoms with Gasteiger partial charge in [-0.25, -0.2) is 4.79 Å². The molecule has 1 aromatic heterocycles. The van der Waals surface area contributed by atoms with Gasteiger partial charge in [0.25, 0.3) is 5.91 Å². The summed E-state index contributed by atoms with van der Waals surface area (Å²) >= 11 is 1.29. The number of nitrogens with one attached hydrogen (secondary N) is 1. The first-order valence-electron chi connectivity index (χ1n) is 9.21. The molecular weight excluding hydrogens is 392 g/mol. The maximum Gasteiger partial charge on any atom is 0.341 e. The van der Waals surface area contributed by atoms with E-state index in [1.807, 2.05) is 13.0 Å². The fraction of sp³-hybridized carbons (Fsp3) is 0.333. The SMILES string of the molecule is CCOC(=O)c1cc(CC)sc1NC(=O)COC(=O)CCc1ccc(C#N)cc1. The van der Waals surface area contributed by atoms with Crippen LogP contribution in [-0.2, 0) is 31.9 Å². The van der Waals surface area contributed by atoms with Crippen molar-refractivity contribution in [2.45, 2.75) is 33.1 Å². The molecule has 0 radical (unpaired) electrons. The second-order valence-electron chi connectivity index (χ2n) is 6.05. The zero-order valence-electron chi connectivity index (χ0n) is 16.3. The number of rotatable bonds is 9. The van der Waals surface area contributed by atoms with E-state index < -0.39 is 24.5 Å². The topological polar surface area (TPSA) is 105 Å². The highest BCUT2D eigenvalue weighted by Gasteiger charge is 2.19. The second-order valence-corrected chi connectivity index (χ2v) is 7.18. The number of hydrogen-bond acceptors (Lipinski definition) is 7. The lowest BCUT2D eigenvalue weighted by Gasteiger charge is -2.07. The minimum absolute atomic E-state index is 0.117. The van der Waals surface area contributed by atoms with E-state index in [0.29, 0.717) is 22.5 Å². The molecule has 0 saturated heterocycles. The van der Waals surface area contributed by atoms with Crippen molar-refractivity contribution in [2.24, 2.45) is 0 Å². The minimum atomic E-state index is -0.522. The highest BCUT2D eigenvalue weighted by molar-refractivity contribution is 7.16. The summed E-state index contributed by atoms with van der Waals surface area (Å²) in [6, 6.07) is 10.6. The molecule has 0 fully saturated rings. The molecule has 152 valence electrons. The Morgan fingerprint density at radius 3 is 2.48 bits per heavy atom. The predicted octanol–water partition coefficient (Wildman–Crippen LogP) is 3.47. The van der Waals surface area contributed by atoms with Crippen molar-refractivity contribution in [2.75, 3.05) is 18.5 Å². The van der Waals surface area contributed by atoms with Crippen LogP contribution in [0.4, 0.5) is 5.00 Å². The lowest BCUT2D eigenvalue weighted by molar-refractivity contribution is -0.147. The van der Waals surface area contributed by atoms with Crippen molar-refractivity contribution in [3.05, 3.63) is 51.9 Å². The Bertz CT molecular complexity index is 912. The number of ether oxygens (including phenoxy) is 2. The highest BCUT2D eigenvalue weighted by atomic mass is 32.1. The molecule has 1 heterocycles. The Morgan fingerprint density at radius 2 is 1.86 bits per heavy atom. The number of hydrogen-bond donors (Lipinski definition) is 1. The highest BCUT2D eigenvalue weighted by Crippen LogP contribution is 2.29. The van der Waals surface area contributed by atoms with E-state index in [-0.39, 0.29) is 13.0 Å². The van der Waals surface area contributed by atoms with Gasteiger partial charge in [-0.2, -0.15) is 5.26 Å². The van der Waals surface area contributed by atoms with Crippen LogP contribution >= 0.6 is 11.3 Å². The average Bonchev–Trinajstić information content (AvgIpc) is 3.14. The summed E-state index contributed by atoms with van der Waals surface area (Å²) in [7, 11) is 0. The van der Waals surface area contributed by atoms with Gasteiger partial charge in [-0.15, -0.1) is 11.3 Å². The van der Waals surface area contributed by atoms with E-state index in [4.69, 9.17) is 14.7 Å². The van der Waals surface area contributed by atoms with Crippen LogP contribution in [0, 0.1) is 11.3 Å². The van der Waals surface area contributed by atoms with Crippen molar-refractivity contribution < 1.29 is 23.9 Å². The van der Waals surface area contributed by atoms with Crippen LogP contribution in [0.1, 0.15) is 46.6 Å². The fourth-order valence-electron chi connectivity index (χ4n) is 2.44. The summed E-state index contributed by atoms with van der Waals surface area (Å²) in [5, 5.41) is 11.8. The number of anilines is 1. The third-order valence-corrected chi connectivity index (χ3v) is 5.14. The molecular formula is C21H22N2O5S. The molecule has 0 saturated carbocycles. The molecule has 0 unspecified atom stereocenters. The van der Waals surface area contributed by atoms with Gasteiger partial charge in [0, 0.05) is 11.3 Å². The Balaban J connectivity index is 1.84. The molecule has 0 bridgehead atoms. The molecule has 8 heteroatoms. The van der Waals surface area contributed by atoms with Crippen LogP contribution in [0.3, 0.4) is 0 Å². The van der Waals surface area contributed by atoms with E-state index in [9.17, 15) is 14.4 Å². The predicted molar refractivity (Wildman–Crippen MR) is 109 cm³/mol. The number of nitrogens with zero attached hydrogens (tertiary/aromatic N) is 1. The number of carbonyl (C=O) groups is 3. The van der Waals surface area contributed by atoms with E-state index in [1.165, 1.54) is 11.3 Å². The molecule has 1 amide bonds. The Morgan fingerprint density at radius 1 is 1.14 bits per heavy atom. The molecule has 1 aromatic carbocycles. The molecule has 7 nitrogen and oxygen atoms in total. The van der Waals surface area contributed by atoms with Crippen molar-refractivity contribution in [1.29, 1.82) is 5.26 Å². The first-order chi connectivity index (χ1) is 14.0. The number of carbonyl (C=O) groups excluding carboxylic acids is 3. The largest absolute Gasteiger partial charge is 0.462 e. The zero-order chi connectivity index (χ0) is 21.2. The number of amides is 1. The molecule has 0 aliphatic heterocycles. The standard InChI is InChI=1S/C21H22N2O5S/c1-3-16-11-17(21(26)27-4-2)20(29-16)23-18(24)13-28-19(25)10-9-14-5-7-15(12-22)8-6-14/h5-8,11H,3-4,9-10,13H2,1-2H3,(H,23,24). The molecule has 0 atom stereocenters. The van der Waals surface area contributed by atoms with E-state index in [1.54, 1.807) is 37.3 Å². The van der Waals surface area contributed by atoms with Crippen LogP contribution < -0.4 is 5.32 Å². The van der Waals surface area contributed by atoms with Crippen LogP contribution in [-0.4, -0.2) is 31.1 Å². The third-order valence-electron chi connectivity index (χ3n) is 3.94. The summed E-state index contributed by atoms with van der Waals surface area (Å²) in [5.41, 5.74) is 1.75. The van der Waals surface area contributed by atoms with Gasteiger partial charge in [0.1, 0.15) is 5.00 Å². The summed E-state index contributed by atoms with van der Waals surface area (Å²) in [6.07, 6.45) is 1.29. The Kier molecular flexibility index (Phi) is 8.37. The smallest absolute Gasteiger partial charge is 0.341 e. The molecule has 2 aromatic rings. The summed E-state index contributed by atoms with van der Waals surface area (Å²) in [5.74, 6) is -1.53. The van der Waals surface area contributed by atoms with E-state index >= 15 is 0 Å². The van der Waals surface area contributed by atoms with Crippen LogP contribution in [0.15, 0.2) is 30.3 Å². The number of aryl methyl sites for hydroxylation is 2. The minimum Gasteiger partial charge on any atom is -0.462 e. The van der Waals surface area contributed by atoms with Gasteiger partial charge < -0.3 is 14.8 Å². The Labute approximate surface area is 173 Å². The number of thiophene rings is 1. The van der Waals surface area contributed by atoms with Crippen LogP contribution in [0.5, 0.6) is 0 Å². The van der Waals surface area contributed by atoms with Crippen molar-refractivity contribution in [1.82, 2.24) is 0 Å². The summed E-state index contributed by atoms with van der Waals surface area (Å²) in [4.78, 5) is 37.0. The maximum atomic E-state index is 12.1. The second kappa shape index (κ2) is 11.0. The molecule has 1 N–H and O–H groups in total. The number of esters is 2. The quantitative estimate of drug-likeness (QED) is 0.630. The maximum absolute atomic E-state index is 12.1. The zero-order valence-corrected chi connectivity index (χ0v) is 17.1.